The van der Waals surface area contributed by atoms with Gasteiger partial charge in [-0.1, -0.05) is 17.3 Å². The number of rotatable bonds is 4. The number of amides is 1. The van der Waals surface area contributed by atoms with Gasteiger partial charge < -0.3 is 14.6 Å². The lowest BCUT2D eigenvalue weighted by molar-refractivity contribution is 0.0944. The Bertz CT molecular complexity index is 1000. The molecule has 8 nitrogen and oxygen atoms in total. The molecule has 0 aliphatic carbocycles. The smallest absolute Gasteiger partial charge is 0.272 e. The second-order valence-corrected chi connectivity index (χ2v) is 6.13. The normalized spacial score (nSPS) is 15.3. The minimum Gasteiger partial charge on any atom is -0.490 e. The van der Waals surface area contributed by atoms with Crippen molar-refractivity contribution in [2.75, 3.05) is 0 Å². The van der Waals surface area contributed by atoms with Gasteiger partial charge in [0.05, 0.1) is 6.54 Å². The first-order chi connectivity index (χ1) is 12.6. The van der Waals surface area contributed by atoms with Crippen LogP contribution in [0, 0.1) is 0 Å². The number of aromatic nitrogens is 3. The van der Waals surface area contributed by atoms with Crippen LogP contribution in [0.25, 0.3) is 11.3 Å². The molecule has 4 rings (SSSR count). The molecule has 0 spiro atoms. The SMILES string of the molecule is CC1Cc2ccc(-c3cc(CNC(=O)c4ccc(=O)[nH]n4)no3)cc2O1. The van der Waals surface area contributed by atoms with Crippen molar-refractivity contribution in [3.05, 3.63) is 63.7 Å². The molecule has 1 unspecified atom stereocenters. The molecular formula is C18H16N4O4. The number of H-pyrrole nitrogens is 1. The Morgan fingerprint density at radius 3 is 3.00 bits per heavy atom. The molecule has 26 heavy (non-hydrogen) atoms. The zero-order chi connectivity index (χ0) is 18.1. The molecule has 1 amide bonds. The van der Waals surface area contributed by atoms with Gasteiger partial charge in [0.15, 0.2) is 5.76 Å². The van der Waals surface area contributed by atoms with E-state index in [4.69, 9.17) is 9.26 Å². The van der Waals surface area contributed by atoms with Gasteiger partial charge in [-0.2, -0.15) is 5.10 Å². The first-order valence-electron chi connectivity index (χ1n) is 8.18. The molecule has 2 aromatic heterocycles. The highest BCUT2D eigenvalue weighted by Gasteiger charge is 2.20. The van der Waals surface area contributed by atoms with Gasteiger partial charge >= 0.3 is 0 Å². The zero-order valence-electron chi connectivity index (χ0n) is 14.0. The molecular weight excluding hydrogens is 336 g/mol. The van der Waals surface area contributed by atoms with E-state index in [1.807, 2.05) is 25.1 Å². The molecule has 3 heterocycles. The Morgan fingerprint density at radius 1 is 1.31 bits per heavy atom. The fourth-order valence-electron chi connectivity index (χ4n) is 2.82. The van der Waals surface area contributed by atoms with E-state index in [1.165, 1.54) is 17.7 Å². The predicted molar refractivity (Wildman–Crippen MR) is 91.8 cm³/mol. The minimum absolute atomic E-state index is 0.123. The average molecular weight is 352 g/mol. The van der Waals surface area contributed by atoms with Crippen molar-refractivity contribution in [2.24, 2.45) is 0 Å². The third kappa shape index (κ3) is 3.21. The summed E-state index contributed by atoms with van der Waals surface area (Å²) < 4.78 is 11.1. The van der Waals surface area contributed by atoms with Crippen molar-refractivity contribution >= 4 is 5.91 Å². The highest BCUT2D eigenvalue weighted by atomic mass is 16.5. The number of aromatic amines is 1. The van der Waals surface area contributed by atoms with Crippen molar-refractivity contribution in [1.82, 2.24) is 20.7 Å². The number of carbonyl (C=O) groups is 1. The molecule has 1 aliphatic rings. The summed E-state index contributed by atoms with van der Waals surface area (Å²) in [5.74, 6) is 1.05. The van der Waals surface area contributed by atoms with Crippen LogP contribution < -0.4 is 15.6 Å². The van der Waals surface area contributed by atoms with E-state index >= 15 is 0 Å². The van der Waals surface area contributed by atoms with Crippen LogP contribution in [0.4, 0.5) is 0 Å². The number of nitrogens with zero attached hydrogens (tertiary/aromatic N) is 2. The van der Waals surface area contributed by atoms with Gasteiger partial charge in [-0.3, -0.25) is 9.59 Å². The third-order valence-electron chi connectivity index (χ3n) is 4.09. The van der Waals surface area contributed by atoms with Gasteiger partial charge in [0.2, 0.25) is 0 Å². The fourth-order valence-corrected chi connectivity index (χ4v) is 2.82. The minimum atomic E-state index is -0.411. The standard InChI is InChI=1S/C18H16N4O4/c1-10-6-11-2-3-12(7-15(11)25-10)16-8-13(22-26-16)9-19-18(24)14-4-5-17(23)21-20-14/h2-5,7-8,10H,6,9H2,1H3,(H,19,24)(H,21,23). The summed E-state index contributed by atoms with van der Waals surface area (Å²) in [4.78, 5) is 23.0. The number of carbonyl (C=O) groups excluding carboxylic acids is 1. The highest BCUT2D eigenvalue weighted by Crippen LogP contribution is 2.33. The molecule has 132 valence electrons. The van der Waals surface area contributed by atoms with E-state index in [0.29, 0.717) is 11.5 Å². The number of ether oxygens (including phenoxy) is 1. The summed E-state index contributed by atoms with van der Waals surface area (Å²) in [5.41, 5.74) is 2.38. The molecule has 0 saturated carbocycles. The lowest BCUT2D eigenvalue weighted by Crippen LogP contribution is -2.25. The summed E-state index contributed by atoms with van der Waals surface area (Å²) in [6, 6.07) is 10.3. The van der Waals surface area contributed by atoms with Crippen LogP contribution in [0.1, 0.15) is 28.7 Å². The second-order valence-electron chi connectivity index (χ2n) is 6.13. The Morgan fingerprint density at radius 2 is 2.19 bits per heavy atom. The number of hydrogen-bond acceptors (Lipinski definition) is 6. The van der Waals surface area contributed by atoms with E-state index in [9.17, 15) is 9.59 Å². The lowest BCUT2D eigenvalue weighted by Gasteiger charge is -2.03. The summed E-state index contributed by atoms with van der Waals surface area (Å²) in [6.07, 6.45) is 1.09. The summed E-state index contributed by atoms with van der Waals surface area (Å²) >= 11 is 0. The van der Waals surface area contributed by atoms with E-state index in [0.717, 1.165) is 17.7 Å². The Labute approximate surface area is 148 Å². The maximum atomic E-state index is 12.0. The van der Waals surface area contributed by atoms with Crippen molar-refractivity contribution in [1.29, 1.82) is 0 Å². The first kappa shape index (κ1) is 16.1. The molecule has 2 N–H and O–H groups in total. The van der Waals surface area contributed by atoms with Gasteiger partial charge in [-0.15, -0.1) is 0 Å². The van der Waals surface area contributed by atoms with Crippen LogP contribution in [0.2, 0.25) is 0 Å². The Balaban J connectivity index is 1.44. The monoisotopic (exact) mass is 352 g/mol. The van der Waals surface area contributed by atoms with Crippen LogP contribution in [-0.2, 0) is 13.0 Å². The quantitative estimate of drug-likeness (QED) is 0.739. The topological polar surface area (TPSA) is 110 Å². The molecule has 1 aliphatic heterocycles. The molecule has 0 bridgehead atoms. The predicted octanol–water partition coefficient (Wildman–Crippen LogP) is 1.68. The van der Waals surface area contributed by atoms with E-state index < -0.39 is 5.91 Å². The number of hydrogen-bond donors (Lipinski definition) is 2. The Hall–Kier alpha value is -3.42. The fraction of sp³-hybridized carbons (Fsp3) is 0.222. The summed E-state index contributed by atoms with van der Waals surface area (Å²) in [6.45, 7) is 2.22. The van der Waals surface area contributed by atoms with Crippen LogP contribution >= 0.6 is 0 Å². The molecule has 0 radical (unpaired) electrons. The lowest BCUT2D eigenvalue weighted by atomic mass is 10.1. The van der Waals surface area contributed by atoms with Gasteiger partial charge in [0.1, 0.15) is 23.2 Å². The van der Waals surface area contributed by atoms with Crippen molar-refractivity contribution in [3.63, 3.8) is 0 Å². The number of nitrogens with one attached hydrogen (secondary N) is 2. The highest BCUT2D eigenvalue weighted by molar-refractivity contribution is 5.91. The Kier molecular flexibility index (Phi) is 4.00. The maximum absolute atomic E-state index is 12.0. The van der Waals surface area contributed by atoms with Gasteiger partial charge in [0.25, 0.3) is 11.5 Å². The van der Waals surface area contributed by atoms with Gasteiger partial charge in [-0.25, -0.2) is 5.10 Å². The third-order valence-corrected chi connectivity index (χ3v) is 4.09. The van der Waals surface area contributed by atoms with Crippen molar-refractivity contribution in [3.8, 4) is 17.1 Å². The molecule has 1 atom stereocenters. The second kappa shape index (κ2) is 6.47. The summed E-state index contributed by atoms with van der Waals surface area (Å²) in [5, 5.41) is 12.5. The van der Waals surface area contributed by atoms with E-state index in [2.05, 4.69) is 20.7 Å². The van der Waals surface area contributed by atoms with Crippen LogP contribution in [0.3, 0.4) is 0 Å². The van der Waals surface area contributed by atoms with E-state index in [-0.39, 0.29) is 23.9 Å². The summed E-state index contributed by atoms with van der Waals surface area (Å²) in [7, 11) is 0. The van der Waals surface area contributed by atoms with Crippen LogP contribution in [0.5, 0.6) is 5.75 Å². The largest absolute Gasteiger partial charge is 0.490 e. The van der Waals surface area contributed by atoms with Crippen molar-refractivity contribution in [2.45, 2.75) is 26.0 Å². The zero-order valence-corrected chi connectivity index (χ0v) is 14.0. The number of benzene rings is 1. The van der Waals surface area contributed by atoms with Gasteiger partial charge in [0, 0.05) is 24.1 Å². The van der Waals surface area contributed by atoms with Crippen LogP contribution in [-0.4, -0.2) is 27.4 Å². The molecule has 3 aromatic rings. The van der Waals surface area contributed by atoms with Gasteiger partial charge in [-0.05, 0) is 24.6 Å². The average Bonchev–Trinajstić information content (AvgIpc) is 3.25. The molecule has 8 heteroatoms. The van der Waals surface area contributed by atoms with Crippen molar-refractivity contribution < 1.29 is 14.1 Å². The molecule has 0 saturated heterocycles. The molecule has 1 aromatic carbocycles. The van der Waals surface area contributed by atoms with Crippen LogP contribution in [0.15, 0.2) is 45.7 Å². The molecule has 0 fully saturated rings. The maximum Gasteiger partial charge on any atom is 0.272 e. The van der Waals surface area contributed by atoms with E-state index in [1.54, 1.807) is 6.07 Å². The number of fused-ring (bicyclic) bond motifs is 1. The first-order valence-corrected chi connectivity index (χ1v) is 8.18.